The molecular formula is C30H52O7. The van der Waals surface area contributed by atoms with Gasteiger partial charge in [0.05, 0.1) is 32.0 Å². The number of unbranched alkanes of at least 4 members (excludes halogenated alkanes) is 10. The van der Waals surface area contributed by atoms with E-state index in [0.29, 0.717) is 37.6 Å². The maximum atomic E-state index is 11.5. The molecule has 0 N–H and O–H groups in total. The van der Waals surface area contributed by atoms with Crippen molar-refractivity contribution in [3.8, 4) is 0 Å². The first kappa shape index (κ1) is 36.7. The molecule has 0 aromatic rings. The summed E-state index contributed by atoms with van der Waals surface area (Å²) in [6.07, 6.45) is 15.9. The van der Waals surface area contributed by atoms with E-state index < -0.39 is 0 Å². The molecule has 1 heterocycles. The molecule has 0 bridgehead atoms. The van der Waals surface area contributed by atoms with Crippen molar-refractivity contribution in [3.63, 3.8) is 0 Å². The fourth-order valence-electron chi connectivity index (χ4n) is 2.86. The Bertz CT molecular complexity index is 650. The Morgan fingerprint density at radius 2 is 1.24 bits per heavy atom. The second-order valence-corrected chi connectivity index (χ2v) is 8.89. The third kappa shape index (κ3) is 26.5. The van der Waals surface area contributed by atoms with Crippen molar-refractivity contribution in [1.29, 1.82) is 0 Å². The van der Waals surface area contributed by atoms with Gasteiger partial charge in [0.25, 0.3) is 0 Å². The summed E-state index contributed by atoms with van der Waals surface area (Å²) in [5, 5.41) is 0. The number of carbonyl (C=O) groups excluding carboxylic acids is 3. The van der Waals surface area contributed by atoms with Crippen LogP contribution in [0.2, 0.25) is 0 Å². The molecule has 1 aliphatic rings. The predicted octanol–water partition coefficient (Wildman–Crippen LogP) is 7.05. The second kappa shape index (κ2) is 26.6. The van der Waals surface area contributed by atoms with Crippen molar-refractivity contribution in [1.82, 2.24) is 0 Å². The third-order valence-corrected chi connectivity index (χ3v) is 5.25. The van der Waals surface area contributed by atoms with Crippen LogP contribution in [0.25, 0.3) is 0 Å². The zero-order chi connectivity index (χ0) is 28.3. The summed E-state index contributed by atoms with van der Waals surface area (Å²) < 4.78 is 19.4. The lowest BCUT2D eigenvalue weighted by Gasteiger charge is -2.05. The van der Waals surface area contributed by atoms with Crippen LogP contribution in [0.5, 0.6) is 0 Å². The molecule has 0 aliphatic carbocycles. The topological polar surface area (TPSA) is 91.4 Å². The summed E-state index contributed by atoms with van der Waals surface area (Å²) in [7, 11) is 0. The summed E-state index contributed by atoms with van der Waals surface area (Å²) in [6.45, 7) is 20.1. The van der Waals surface area contributed by atoms with Crippen LogP contribution < -0.4 is 0 Å². The standard InChI is InChI=1S/C17H30O3.C7H12O2.C6H10O2/c1-3-4-5-6-7-8-9-10-11-12-13-19-17(18)15(2)16-14-20-16;1-3-5-6-9-7(8)4-2;1-4-8-6(7)5(2)3/h16H,2-14H2,1H3;4H,2-3,5-6H2,1H3;2,4H2,1,3H3. The van der Waals surface area contributed by atoms with E-state index >= 15 is 0 Å². The second-order valence-electron chi connectivity index (χ2n) is 8.89. The first-order chi connectivity index (χ1) is 17.7. The molecule has 0 spiro atoms. The van der Waals surface area contributed by atoms with E-state index in [0.717, 1.165) is 25.7 Å². The lowest BCUT2D eigenvalue weighted by Crippen LogP contribution is -2.11. The van der Waals surface area contributed by atoms with Crippen molar-refractivity contribution in [3.05, 3.63) is 37.0 Å². The number of esters is 3. The minimum Gasteiger partial charge on any atom is -0.463 e. The number of carbonyl (C=O) groups is 3. The van der Waals surface area contributed by atoms with Crippen molar-refractivity contribution in [2.45, 2.75) is 111 Å². The monoisotopic (exact) mass is 524 g/mol. The van der Waals surface area contributed by atoms with E-state index in [1.54, 1.807) is 13.8 Å². The largest absolute Gasteiger partial charge is 0.463 e. The van der Waals surface area contributed by atoms with Crippen molar-refractivity contribution in [2.75, 3.05) is 26.4 Å². The SMILES string of the molecule is C=C(C(=O)OCCCCCCCCCCCC)C1CO1.C=C(C)C(=O)OCC.C=CC(=O)OCCCC. The lowest BCUT2D eigenvalue weighted by atomic mass is 10.1. The zero-order valence-electron chi connectivity index (χ0n) is 23.9. The van der Waals surface area contributed by atoms with Gasteiger partial charge in [-0.05, 0) is 26.7 Å². The molecule has 0 saturated carbocycles. The molecule has 1 unspecified atom stereocenters. The molecule has 0 radical (unpaired) electrons. The molecule has 1 rings (SSSR count). The number of hydrogen-bond acceptors (Lipinski definition) is 7. The Balaban J connectivity index is 0. The van der Waals surface area contributed by atoms with E-state index in [-0.39, 0.29) is 24.0 Å². The van der Waals surface area contributed by atoms with Gasteiger partial charge in [-0.25, -0.2) is 14.4 Å². The van der Waals surface area contributed by atoms with Crippen LogP contribution >= 0.6 is 0 Å². The molecular weight excluding hydrogens is 472 g/mol. The van der Waals surface area contributed by atoms with E-state index in [1.165, 1.54) is 57.4 Å². The first-order valence-electron chi connectivity index (χ1n) is 13.8. The van der Waals surface area contributed by atoms with Crippen LogP contribution in [0, 0.1) is 0 Å². The highest BCUT2D eigenvalue weighted by Gasteiger charge is 2.31. The predicted molar refractivity (Wildman–Crippen MR) is 149 cm³/mol. The molecule has 1 saturated heterocycles. The molecule has 7 heteroatoms. The van der Waals surface area contributed by atoms with Gasteiger partial charge in [0.15, 0.2) is 0 Å². The minimum absolute atomic E-state index is 0.0739. The van der Waals surface area contributed by atoms with Crippen molar-refractivity contribution in [2.24, 2.45) is 0 Å². The summed E-state index contributed by atoms with van der Waals surface area (Å²) in [5.74, 6) is -0.931. The van der Waals surface area contributed by atoms with Crippen LogP contribution in [-0.2, 0) is 33.3 Å². The zero-order valence-corrected chi connectivity index (χ0v) is 23.9. The van der Waals surface area contributed by atoms with E-state index in [1.807, 2.05) is 6.92 Å². The Kier molecular flexibility index (Phi) is 26.5. The fourth-order valence-corrected chi connectivity index (χ4v) is 2.86. The quantitative estimate of drug-likeness (QED) is 0.0588. The van der Waals surface area contributed by atoms with Gasteiger partial charge in [-0.2, -0.15) is 0 Å². The molecule has 0 aromatic carbocycles. The van der Waals surface area contributed by atoms with Gasteiger partial charge >= 0.3 is 17.9 Å². The number of ether oxygens (including phenoxy) is 4. The fraction of sp³-hybridized carbons (Fsp3) is 0.700. The maximum absolute atomic E-state index is 11.5. The molecule has 214 valence electrons. The molecule has 0 amide bonds. The smallest absolute Gasteiger partial charge is 0.336 e. The van der Waals surface area contributed by atoms with Crippen LogP contribution in [0.15, 0.2) is 37.0 Å². The minimum atomic E-state index is -0.330. The maximum Gasteiger partial charge on any atom is 0.336 e. The van der Waals surface area contributed by atoms with Gasteiger partial charge in [0.1, 0.15) is 6.10 Å². The van der Waals surface area contributed by atoms with Crippen LogP contribution in [-0.4, -0.2) is 50.4 Å². The first-order valence-corrected chi connectivity index (χ1v) is 13.8. The van der Waals surface area contributed by atoms with Crippen molar-refractivity contribution < 1.29 is 33.3 Å². The van der Waals surface area contributed by atoms with Gasteiger partial charge in [-0.1, -0.05) is 97.8 Å². The normalized spacial score (nSPS) is 13.0. The summed E-state index contributed by atoms with van der Waals surface area (Å²) >= 11 is 0. The highest BCUT2D eigenvalue weighted by atomic mass is 16.6. The Morgan fingerprint density at radius 3 is 1.65 bits per heavy atom. The summed E-state index contributed by atoms with van der Waals surface area (Å²) in [5.41, 5.74) is 0.920. The van der Waals surface area contributed by atoms with Gasteiger partial charge in [-0.15, -0.1) is 0 Å². The lowest BCUT2D eigenvalue weighted by molar-refractivity contribution is -0.140. The molecule has 1 aliphatic heterocycles. The Morgan fingerprint density at radius 1 is 0.757 bits per heavy atom. The van der Waals surface area contributed by atoms with E-state index in [2.05, 4.69) is 36.1 Å². The Labute approximate surface area is 225 Å². The highest BCUT2D eigenvalue weighted by Crippen LogP contribution is 2.19. The average molecular weight is 525 g/mol. The highest BCUT2D eigenvalue weighted by molar-refractivity contribution is 5.89. The Hall–Kier alpha value is -2.41. The molecule has 1 atom stereocenters. The molecule has 37 heavy (non-hydrogen) atoms. The molecule has 7 nitrogen and oxygen atoms in total. The van der Waals surface area contributed by atoms with Gasteiger partial charge < -0.3 is 18.9 Å². The molecule has 1 fully saturated rings. The number of hydrogen-bond donors (Lipinski definition) is 0. The number of epoxide rings is 1. The van der Waals surface area contributed by atoms with Gasteiger partial charge in [-0.3, -0.25) is 0 Å². The third-order valence-electron chi connectivity index (χ3n) is 5.25. The van der Waals surface area contributed by atoms with Crippen molar-refractivity contribution >= 4 is 17.9 Å². The average Bonchev–Trinajstić information content (AvgIpc) is 3.73. The van der Waals surface area contributed by atoms with Crippen LogP contribution in [0.3, 0.4) is 0 Å². The molecule has 0 aromatic heterocycles. The van der Waals surface area contributed by atoms with Gasteiger partial charge in [0.2, 0.25) is 0 Å². The number of rotatable bonds is 19. The van der Waals surface area contributed by atoms with Gasteiger partial charge in [0, 0.05) is 11.6 Å². The van der Waals surface area contributed by atoms with Crippen LogP contribution in [0.4, 0.5) is 0 Å². The summed E-state index contributed by atoms with van der Waals surface area (Å²) in [6, 6.07) is 0. The van der Waals surface area contributed by atoms with Crippen LogP contribution in [0.1, 0.15) is 105 Å². The van der Waals surface area contributed by atoms with E-state index in [4.69, 9.17) is 9.47 Å². The summed E-state index contributed by atoms with van der Waals surface area (Å²) in [4.78, 5) is 32.3. The van der Waals surface area contributed by atoms with E-state index in [9.17, 15) is 14.4 Å².